The largest absolute Gasteiger partial charge is 0.356 e. The molecule has 9 heteroatoms. The van der Waals surface area contributed by atoms with E-state index in [0.717, 1.165) is 59.4 Å². The van der Waals surface area contributed by atoms with Crippen LogP contribution in [-0.2, 0) is 15.6 Å². The van der Waals surface area contributed by atoms with Gasteiger partial charge in [0.1, 0.15) is 17.0 Å². The fourth-order valence-electron chi connectivity index (χ4n) is 4.17. The van der Waals surface area contributed by atoms with Gasteiger partial charge in [-0.25, -0.2) is 23.4 Å². The molecule has 0 bridgehead atoms. The molecule has 5 heterocycles. The minimum atomic E-state index is -3.05. The topological polar surface area (TPSA) is 96.8 Å². The molecular weight excluding hydrogens is 388 g/mol. The van der Waals surface area contributed by atoms with Gasteiger partial charge in [0, 0.05) is 43.2 Å². The second-order valence-electron chi connectivity index (χ2n) is 7.70. The summed E-state index contributed by atoms with van der Waals surface area (Å²) in [5.74, 6) is 0.923. The van der Waals surface area contributed by atoms with Gasteiger partial charge in [-0.2, -0.15) is 0 Å². The van der Waals surface area contributed by atoms with E-state index in [4.69, 9.17) is 0 Å². The lowest BCUT2D eigenvalue weighted by Gasteiger charge is -2.33. The highest BCUT2D eigenvalue weighted by Gasteiger charge is 2.23. The Kier molecular flexibility index (Phi) is 4.27. The lowest BCUT2D eigenvalue weighted by molar-refractivity contribution is 0.403. The molecule has 4 aromatic rings. The predicted molar refractivity (Wildman–Crippen MR) is 113 cm³/mol. The minimum absolute atomic E-state index is 0.0263. The number of sulfone groups is 1. The molecule has 0 aliphatic carbocycles. The molecular formula is C20H22N6O2S. The normalized spacial score (nSPS) is 16.1. The van der Waals surface area contributed by atoms with Gasteiger partial charge < -0.3 is 14.5 Å². The number of aromatic nitrogens is 5. The Labute approximate surface area is 168 Å². The zero-order chi connectivity index (χ0) is 20.0. The molecule has 4 aromatic heterocycles. The van der Waals surface area contributed by atoms with Crippen molar-refractivity contribution in [2.24, 2.45) is 0 Å². The summed E-state index contributed by atoms with van der Waals surface area (Å²) in [6.45, 7) is 1.79. The fraction of sp³-hybridized carbons (Fsp3) is 0.350. The van der Waals surface area contributed by atoms with E-state index in [1.165, 1.54) is 6.26 Å². The number of piperidine rings is 1. The standard InChI is InChI=1S/C20H22N6O2S/c1-29(27,28)12-14-2-3-18(22-10-14)25-8-5-15(6-9-25)26-13-24-17-11-23-20-16(19(17)26)4-7-21-20/h2-4,7,10-11,13,15H,5-6,8-9,12H2,1H3,(H,21,23). The Morgan fingerprint density at radius 3 is 2.66 bits per heavy atom. The third-order valence-corrected chi connectivity index (χ3v) is 6.40. The molecule has 150 valence electrons. The zero-order valence-corrected chi connectivity index (χ0v) is 16.9. The molecule has 8 nitrogen and oxygen atoms in total. The van der Waals surface area contributed by atoms with Crippen molar-refractivity contribution in [2.45, 2.75) is 24.6 Å². The minimum Gasteiger partial charge on any atom is -0.356 e. The van der Waals surface area contributed by atoms with Crippen LogP contribution in [0.25, 0.3) is 22.1 Å². The Bertz CT molecular complexity index is 1270. The molecule has 0 radical (unpaired) electrons. The Balaban J connectivity index is 1.33. The summed E-state index contributed by atoms with van der Waals surface area (Å²) in [4.78, 5) is 18.9. The van der Waals surface area contributed by atoms with Crippen LogP contribution < -0.4 is 4.90 Å². The third kappa shape index (κ3) is 3.46. The Hall–Kier alpha value is -2.94. The zero-order valence-electron chi connectivity index (χ0n) is 16.1. The van der Waals surface area contributed by atoms with Gasteiger partial charge in [0.05, 0.1) is 23.8 Å². The monoisotopic (exact) mass is 410 g/mol. The number of rotatable bonds is 4. The van der Waals surface area contributed by atoms with Gasteiger partial charge in [-0.15, -0.1) is 0 Å². The number of fused-ring (bicyclic) bond motifs is 3. The Morgan fingerprint density at radius 1 is 1.10 bits per heavy atom. The van der Waals surface area contributed by atoms with E-state index in [1.54, 1.807) is 6.20 Å². The first-order valence-corrected chi connectivity index (χ1v) is 11.7. The van der Waals surface area contributed by atoms with Crippen LogP contribution in [0.1, 0.15) is 24.4 Å². The summed E-state index contributed by atoms with van der Waals surface area (Å²) in [7, 11) is -3.05. The molecule has 0 atom stereocenters. The molecule has 29 heavy (non-hydrogen) atoms. The SMILES string of the molecule is CS(=O)(=O)Cc1ccc(N2CCC(n3cnc4cnc5[nH]ccc5c43)CC2)nc1. The smallest absolute Gasteiger partial charge is 0.151 e. The number of hydrogen-bond donors (Lipinski definition) is 1. The first kappa shape index (κ1) is 18.1. The van der Waals surface area contributed by atoms with Crippen LogP contribution in [0.15, 0.2) is 43.1 Å². The molecule has 1 aliphatic heterocycles. The van der Waals surface area contributed by atoms with Gasteiger partial charge >= 0.3 is 0 Å². The summed E-state index contributed by atoms with van der Waals surface area (Å²) >= 11 is 0. The van der Waals surface area contributed by atoms with E-state index in [-0.39, 0.29) is 5.75 Å². The molecule has 1 N–H and O–H groups in total. The lowest BCUT2D eigenvalue weighted by atomic mass is 10.0. The summed E-state index contributed by atoms with van der Waals surface area (Å²) in [6.07, 6.45) is 10.6. The van der Waals surface area contributed by atoms with Crippen LogP contribution in [0.2, 0.25) is 0 Å². The number of pyridine rings is 2. The van der Waals surface area contributed by atoms with Crippen molar-refractivity contribution in [1.82, 2.24) is 24.5 Å². The summed E-state index contributed by atoms with van der Waals surface area (Å²) in [5.41, 5.74) is 3.66. The van der Waals surface area contributed by atoms with Gasteiger partial charge in [-0.3, -0.25) is 0 Å². The second kappa shape index (κ2) is 6.84. The highest BCUT2D eigenvalue weighted by molar-refractivity contribution is 7.89. The van der Waals surface area contributed by atoms with Crippen molar-refractivity contribution in [2.75, 3.05) is 24.2 Å². The Morgan fingerprint density at radius 2 is 1.93 bits per heavy atom. The van der Waals surface area contributed by atoms with Crippen LogP contribution in [0, 0.1) is 0 Å². The van der Waals surface area contributed by atoms with Crippen molar-refractivity contribution in [3.8, 4) is 0 Å². The fourth-order valence-corrected chi connectivity index (χ4v) is 4.95. The van der Waals surface area contributed by atoms with Gasteiger partial charge in [-0.1, -0.05) is 6.07 Å². The maximum absolute atomic E-state index is 11.4. The number of H-pyrrole nitrogens is 1. The second-order valence-corrected chi connectivity index (χ2v) is 9.84. The number of nitrogens with zero attached hydrogens (tertiary/aromatic N) is 5. The van der Waals surface area contributed by atoms with Gasteiger partial charge in [0.15, 0.2) is 9.84 Å². The molecule has 0 spiro atoms. The molecule has 0 aromatic carbocycles. The van der Waals surface area contributed by atoms with Crippen LogP contribution in [0.4, 0.5) is 5.82 Å². The van der Waals surface area contributed by atoms with Crippen molar-refractivity contribution >= 4 is 37.7 Å². The van der Waals surface area contributed by atoms with Crippen molar-refractivity contribution in [3.05, 3.63) is 48.7 Å². The van der Waals surface area contributed by atoms with E-state index < -0.39 is 9.84 Å². The van der Waals surface area contributed by atoms with Gasteiger partial charge in [0.2, 0.25) is 0 Å². The average molecular weight is 411 g/mol. The highest BCUT2D eigenvalue weighted by Crippen LogP contribution is 2.31. The molecule has 0 saturated carbocycles. The summed E-state index contributed by atoms with van der Waals surface area (Å²) in [5, 5.41) is 1.10. The van der Waals surface area contributed by atoms with E-state index >= 15 is 0 Å². The third-order valence-electron chi connectivity index (χ3n) is 5.54. The molecule has 0 unspecified atom stereocenters. The van der Waals surface area contributed by atoms with Crippen LogP contribution in [0.3, 0.4) is 0 Å². The molecule has 0 amide bonds. The number of aromatic amines is 1. The van der Waals surface area contributed by atoms with E-state index in [9.17, 15) is 8.42 Å². The number of anilines is 1. The van der Waals surface area contributed by atoms with Crippen molar-refractivity contribution in [1.29, 1.82) is 0 Å². The van der Waals surface area contributed by atoms with E-state index in [0.29, 0.717) is 6.04 Å². The van der Waals surface area contributed by atoms with E-state index in [1.807, 2.05) is 30.9 Å². The first-order chi connectivity index (χ1) is 14.0. The summed E-state index contributed by atoms with van der Waals surface area (Å²) < 4.78 is 25.2. The van der Waals surface area contributed by atoms with Crippen LogP contribution in [0.5, 0.6) is 0 Å². The maximum atomic E-state index is 11.4. The van der Waals surface area contributed by atoms with Crippen molar-refractivity contribution < 1.29 is 8.42 Å². The van der Waals surface area contributed by atoms with E-state index in [2.05, 4.69) is 35.5 Å². The predicted octanol–water partition coefficient (Wildman–Crippen LogP) is 2.69. The lowest BCUT2D eigenvalue weighted by Crippen LogP contribution is -2.35. The quantitative estimate of drug-likeness (QED) is 0.556. The van der Waals surface area contributed by atoms with Crippen LogP contribution >= 0.6 is 0 Å². The number of hydrogen-bond acceptors (Lipinski definition) is 6. The molecule has 5 rings (SSSR count). The molecule has 1 fully saturated rings. The molecule has 1 saturated heterocycles. The highest BCUT2D eigenvalue weighted by atomic mass is 32.2. The average Bonchev–Trinajstić information content (AvgIpc) is 3.34. The summed E-state index contributed by atoms with van der Waals surface area (Å²) in [6, 6.07) is 6.21. The van der Waals surface area contributed by atoms with Gasteiger partial charge in [0.25, 0.3) is 0 Å². The molecule has 1 aliphatic rings. The maximum Gasteiger partial charge on any atom is 0.151 e. The number of imidazole rings is 1. The number of nitrogens with one attached hydrogen (secondary N) is 1. The van der Waals surface area contributed by atoms with Crippen molar-refractivity contribution in [3.63, 3.8) is 0 Å². The first-order valence-electron chi connectivity index (χ1n) is 9.64. The van der Waals surface area contributed by atoms with Crippen LogP contribution in [-0.4, -0.2) is 52.3 Å². The van der Waals surface area contributed by atoms with Gasteiger partial charge in [-0.05, 0) is 30.5 Å².